The van der Waals surface area contributed by atoms with Crippen LogP contribution in [0.3, 0.4) is 0 Å². The summed E-state index contributed by atoms with van der Waals surface area (Å²) in [5, 5.41) is 0. The summed E-state index contributed by atoms with van der Waals surface area (Å²) in [6.45, 7) is 2.26. The Labute approximate surface area is 70.4 Å². The summed E-state index contributed by atoms with van der Waals surface area (Å²) < 4.78 is 0. The molecule has 0 aliphatic heterocycles. The predicted octanol–water partition coefficient (Wildman–Crippen LogP) is 2.69. The summed E-state index contributed by atoms with van der Waals surface area (Å²) in [5.74, 6) is 0.900. The van der Waals surface area contributed by atoms with Crippen molar-refractivity contribution in [1.29, 1.82) is 0 Å². The van der Waals surface area contributed by atoms with Gasteiger partial charge in [-0.05, 0) is 18.8 Å². The van der Waals surface area contributed by atoms with Gasteiger partial charge in [0.25, 0.3) is 0 Å². The van der Waals surface area contributed by atoms with Crippen molar-refractivity contribution in [2.24, 2.45) is 11.7 Å². The average Bonchev–Trinajstić information content (AvgIpc) is 2.67. The normalized spacial score (nSPS) is 28.9. The van der Waals surface area contributed by atoms with Crippen LogP contribution >= 0.6 is 0 Å². The minimum absolute atomic E-state index is 0.571. The lowest BCUT2D eigenvalue weighted by Crippen LogP contribution is -2.01. The molecule has 1 nitrogen and oxygen atoms in total. The first-order chi connectivity index (χ1) is 5.34. The Bertz CT molecular complexity index is 101. The molecule has 0 bridgehead atoms. The van der Waals surface area contributed by atoms with Gasteiger partial charge in [0, 0.05) is 6.04 Å². The molecule has 0 aromatic heterocycles. The first-order valence-electron chi connectivity index (χ1n) is 5.10. The van der Waals surface area contributed by atoms with Crippen molar-refractivity contribution in [3.8, 4) is 0 Å². The number of hydrogen-bond acceptors (Lipinski definition) is 1. The molecule has 2 atom stereocenters. The minimum atomic E-state index is 0.571. The molecule has 11 heavy (non-hydrogen) atoms. The van der Waals surface area contributed by atoms with E-state index in [2.05, 4.69) is 6.92 Å². The highest BCUT2D eigenvalue weighted by atomic mass is 14.7. The maximum absolute atomic E-state index is 5.71. The van der Waals surface area contributed by atoms with Gasteiger partial charge < -0.3 is 5.73 Å². The van der Waals surface area contributed by atoms with E-state index in [1.54, 1.807) is 0 Å². The van der Waals surface area contributed by atoms with Gasteiger partial charge in [0.1, 0.15) is 0 Å². The van der Waals surface area contributed by atoms with E-state index in [0.29, 0.717) is 6.04 Å². The molecule has 1 fully saturated rings. The van der Waals surface area contributed by atoms with E-state index in [9.17, 15) is 0 Å². The van der Waals surface area contributed by atoms with Gasteiger partial charge in [0.15, 0.2) is 0 Å². The van der Waals surface area contributed by atoms with Crippen LogP contribution in [0.4, 0.5) is 0 Å². The van der Waals surface area contributed by atoms with Crippen LogP contribution < -0.4 is 5.73 Å². The van der Waals surface area contributed by atoms with Gasteiger partial charge in [-0.2, -0.15) is 0 Å². The molecule has 1 saturated carbocycles. The lowest BCUT2D eigenvalue weighted by atomic mass is 10.1. The summed E-state index contributed by atoms with van der Waals surface area (Å²) in [7, 11) is 0. The molecular formula is C10H21N. The molecule has 2 unspecified atom stereocenters. The highest BCUT2D eigenvalue weighted by Crippen LogP contribution is 2.32. The Kier molecular flexibility index (Phi) is 3.92. The highest BCUT2D eigenvalue weighted by Gasteiger charge is 2.31. The third-order valence-electron chi connectivity index (χ3n) is 2.66. The molecular weight excluding hydrogens is 134 g/mol. The van der Waals surface area contributed by atoms with Crippen LogP contribution in [-0.2, 0) is 0 Å². The van der Waals surface area contributed by atoms with Gasteiger partial charge in [-0.25, -0.2) is 0 Å². The smallest absolute Gasteiger partial charge is 0.00709 e. The van der Waals surface area contributed by atoms with Crippen LogP contribution in [0.1, 0.15) is 51.9 Å². The Morgan fingerprint density at radius 3 is 2.36 bits per heavy atom. The summed E-state index contributed by atoms with van der Waals surface area (Å²) in [6, 6.07) is 0.571. The molecule has 66 valence electrons. The highest BCUT2D eigenvalue weighted by molar-refractivity contribution is 4.89. The average molecular weight is 155 g/mol. The van der Waals surface area contributed by atoms with E-state index in [-0.39, 0.29) is 0 Å². The second-order valence-electron chi connectivity index (χ2n) is 3.86. The molecule has 1 heteroatoms. The topological polar surface area (TPSA) is 26.0 Å². The lowest BCUT2D eigenvalue weighted by Gasteiger charge is -1.98. The zero-order valence-corrected chi connectivity index (χ0v) is 7.68. The van der Waals surface area contributed by atoms with Crippen molar-refractivity contribution in [3.63, 3.8) is 0 Å². The van der Waals surface area contributed by atoms with Gasteiger partial charge in [-0.15, -0.1) is 0 Å². The number of nitrogens with two attached hydrogens (primary N) is 1. The van der Waals surface area contributed by atoms with Crippen LogP contribution in [0, 0.1) is 5.92 Å². The van der Waals surface area contributed by atoms with Crippen molar-refractivity contribution >= 4 is 0 Å². The second-order valence-corrected chi connectivity index (χ2v) is 3.86. The fourth-order valence-electron chi connectivity index (χ4n) is 1.61. The second kappa shape index (κ2) is 4.76. The molecule has 1 rings (SSSR count). The Balaban J connectivity index is 1.74. The lowest BCUT2D eigenvalue weighted by molar-refractivity contribution is 0.573. The molecule has 2 N–H and O–H groups in total. The first-order valence-corrected chi connectivity index (χ1v) is 5.10. The van der Waals surface area contributed by atoms with E-state index in [1.807, 2.05) is 0 Å². The quantitative estimate of drug-likeness (QED) is 0.586. The molecule has 0 radical (unpaired) electrons. The molecule has 0 aromatic carbocycles. The number of hydrogen-bond donors (Lipinski definition) is 1. The Morgan fingerprint density at radius 1 is 1.18 bits per heavy atom. The summed E-state index contributed by atoms with van der Waals surface area (Å²) in [5.41, 5.74) is 5.71. The Hall–Kier alpha value is -0.0400. The van der Waals surface area contributed by atoms with Gasteiger partial charge >= 0.3 is 0 Å². The Morgan fingerprint density at radius 2 is 1.82 bits per heavy atom. The molecule has 1 aliphatic rings. The number of unbranched alkanes of at least 4 members (excludes halogenated alkanes) is 4. The van der Waals surface area contributed by atoms with Crippen LogP contribution in [0.25, 0.3) is 0 Å². The van der Waals surface area contributed by atoms with Gasteiger partial charge in [-0.3, -0.25) is 0 Å². The van der Waals surface area contributed by atoms with E-state index in [4.69, 9.17) is 5.73 Å². The monoisotopic (exact) mass is 155 g/mol. The van der Waals surface area contributed by atoms with E-state index in [1.165, 1.54) is 44.9 Å². The number of rotatable bonds is 6. The van der Waals surface area contributed by atoms with Crippen molar-refractivity contribution in [2.75, 3.05) is 0 Å². The first kappa shape index (κ1) is 9.05. The maximum atomic E-state index is 5.71. The van der Waals surface area contributed by atoms with Crippen LogP contribution in [-0.4, -0.2) is 6.04 Å². The standard InChI is InChI=1S/C10H21N/c1-2-3-4-5-6-7-9-8-10(9)11/h9-10H,2-8,11H2,1H3. The molecule has 0 amide bonds. The minimum Gasteiger partial charge on any atom is -0.327 e. The van der Waals surface area contributed by atoms with Gasteiger partial charge in [0.2, 0.25) is 0 Å². The fraction of sp³-hybridized carbons (Fsp3) is 1.00. The maximum Gasteiger partial charge on any atom is 0.00709 e. The SMILES string of the molecule is CCCCCCCC1CC1N. The summed E-state index contributed by atoms with van der Waals surface area (Å²) in [4.78, 5) is 0. The van der Waals surface area contributed by atoms with E-state index in [0.717, 1.165) is 5.92 Å². The van der Waals surface area contributed by atoms with E-state index < -0.39 is 0 Å². The molecule has 1 aliphatic carbocycles. The third kappa shape index (κ3) is 3.76. The zero-order chi connectivity index (χ0) is 8.10. The fourth-order valence-corrected chi connectivity index (χ4v) is 1.61. The third-order valence-corrected chi connectivity index (χ3v) is 2.66. The summed E-state index contributed by atoms with van der Waals surface area (Å²) in [6.07, 6.45) is 9.73. The zero-order valence-electron chi connectivity index (χ0n) is 7.68. The van der Waals surface area contributed by atoms with Crippen LogP contribution in [0.5, 0.6) is 0 Å². The molecule has 0 saturated heterocycles. The molecule has 0 aromatic rings. The molecule has 0 heterocycles. The largest absolute Gasteiger partial charge is 0.327 e. The molecule has 0 spiro atoms. The van der Waals surface area contributed by atoms with Gasteiger partial charge in [-0.1, -0.05) is 39.0 Å². The van der Waals surface area contributed by atoms with Crippen molar-refractivity contribution < 1.29 is 0 Å². The van der Waals surface area contributed by atoms with Crippen molar-refractivity contribution in [2.45, 2.75) is 57.9 Å². The van der Waals surface area contributed by atoms with Crippen molar-refractivity contribution in [1.82, 2.24) is 0 Å². The summed E-state index contributed by atoms with van der Waals surface area (Å²) >= 11 is 0. The van der Waals surface area contributed by atoms with Crippen LogP contribution in [0.2, 0.25) is 0 Å². The van der Waals surface area contributed by atoms with Crippen molar-refractivity contribution in [3.05, 3.63) is 0 Å². The van der Waals surface area contributed by atoms with E-state index >= 15 is 0 Å². The predicted molar refractivity (Wildman–Crippen MR) is 49.5 cm³/mol. The van der Waals surface area contributed by atoms with Crippen LogP contribution in [0.15, 0.2) is 0 Å². The van der Waals surface area contributed by atoms with Gasteiger partial charge in [0.05, 0.1) is 0 Å².